The number of carbonyl (C=O) groups is 1. The predicted octanol–water partition coefficient (Wildman–Crippen LogP) is 3.40. The van der Waals surface area contributed by atoms with Gasteiger partial charge >= 0.3 is 0 Å². The molecule has 6 nitrogen and oxygen atoms in total. The molecule has 3 rings (SSSR count). The molecule has 0 saturated heterocycles. The minimum atomic E-state index is 0.0621. The van der Waals surface area contributed by atoms with Crippen LogP contribution in [0.4, 0.5) is 0 Å². The first-order valence-electron chi connectivity index (χ1n) is 8.02. The molecule has 3 aromatic rings. The molecule has 0 aliphatic heterocycles. The molecule has 0 fully saturated rings. The van der Waals surface area contributed by atoms with Crippen LogP contribution in [-0.4, -0.2) is 45.5 Å². The Kier molecular flexibility index (Phi) is 5.95. The number of aryl methyl sites for hydroxylation is 1. The third kappa shape index (κ3) is 4.25. The maximum atomic E-state index is 12.4. The molecular weight excluding hydrogens is 368 g/mol. The summed E-state index contributed by atoms with van der Waals surface area (Å²) in [5.41, 5.74) is 2.15. The Balaban J connectivity index is 1.62. The lowest BCUT2D eigenvalue weighted by atomic mass is 10.3. The maximum absolute atomic E-state index is 12.4. The van der Waals surface area contributed by atoms with Crippen LogP contribution in [0.2, 0.25) is 0 Å². The molecular formula is C18H20N4O2S2. The van der Waals surface area contributed by atoms with Crippen LogP contribution in [0.25, 0.3) is 5.69 Å². The predicted molar refractivity (Wildman–Crippen MR) is 104 cm³/mol. The van der Waals surface area contributed by atoms with Gasteiger partial charge in [0.25, 0.3) is 0 Å². The maximum Gasteiger partial charge on any atom is 0.233 e. The molecule has 2 aromatic heterocycles. The Labute approximate surface area is 160 Å². The summed E-state index contributed by atoms with van der Waals surface area (Å²) in [6.45, 7) is 2.70. The third-order valence-corrected chi connectivity index (χ3v) is 5.90. The Morgan fingerprint density at radius 3 is 2.73 bits per heavy atom. The van der Waals surface area contributed by atoms with E-state index in [-0.39, 0.29) is 5.91 Å². The van der Waals surface area contributed by atoms with Crippen molar-refractivity contribution in [1.29, 1.82) is 0 Å². The van der Waals surface area contributed by atoms with Crippen molar-refractivity contribution in [3.8, 4) is 11.4 Å². The van der Waals surface area contributed by atoms with Crippen molar-refractivity contribution in [1.82, 2.24) is 19.7 Å². The van der Waals surface area contributed by atoms with Gasteiger partial charge in [-0.3, -0.25) is 9.36 Å². The number of hydrogen-bond donors (Lipinski definition) is 0. The molecule has 26 heavy (non-hydrogen) atoms. The summed E-state index contributed by atoms with van der Waals surface area (Å²) in [5.74, 6) is 1.17. The van der Waals surface area contributed by atoms with Crippen LogP contribution in [0.1, 0.15) is 10.4 Å². The molecule has 0 aliphatic rings. The van der Waals surface area contributed by atoms with Crippen molar-refractivity contribution >= 4 is 29.0 Å². The van der Waals surface area contributed by atoms with E-state index in [0.717, 1.165) is 11.4 Å². The van der Waals surface area contributed by atoms with E-state index >= 15 is 0 Å². The molecule has 0 spiro atoms. The van der Waals surface area contributed by atoms with Crippen molar-refractivity contribution in [2.45, 2.75) is 18.6 Å². The number of hydrogen-bond acceptors (Lipinski definition) is 6. The monoisotopic (exact) mass is 388 g/mol. The van der Waals surface area contributed by atoms with Crippen molar-refractivity contribution in [3.63, 3.8) is 0 Å². The molecule has 2 heterocycles. The standard InChI is InChI=1S/C18H20N4O2S2/c1-13-8-9-25-16(13)10-21(2)17(23)11-26-18-20-19-12-22(18)14-4-6-15(24-3)7-5-14/h4-9,12H,10-11H2,1-3H3. The summed E-state index contributed by atoms with van der Waals surface area (Å²) < 4.78 is 7.04. The Hall–Kier alpha value is -2.32. The molecule has 0 radical (unpaired) electrons. The van der Waals surface area contributed by atoms with Gasteiger partial charge in [-0.05, 0) is 48.2 Å². The lowest BCUT2D eigenvalue weighted by molar-refractivity contribution is -0.127. The van der Waals surface area contributed by atoms with E-state index < -0.39 is 0 Å². The van der Waals surface area contributed by atoms with Crippen molar-refractivity contribution in [3.05, 3.63) is 52.5 Å². The smallest absolute Gasteiger partial charge is 0.233 e. The second-order valence-corrected chi connectivity index (χ2v) is 7.69. The van der Waals surface area contributed by atoms with Gasteiger partial charge in [0, 0.05) is 17.6 Å². The molecule has 0 saturated carbocycles. The number of nitrogens with zero attached hydrogens (tertiary/aromatic N) is 4. The second-order valence-electron chi connectivity index (χ2n) is 5.75. The van der Waals surface area contributed by atoms with E-state index in [1.807, 2.05) is 35.9 Å². The fourth-order valence-electron chi connectivity index (χ4n) is 2.35. The van der Waals surface area contributed by atoms with Crippen molar-refractivity contribution < 1.29 is 9.53 Å². The lowest BCUT2D eigenvalue weighted by Crippen LogP contribution is -2.27. The molecule has 0 unspecified atom stereocenters. The number of thiophene rings is 1. The zero-order chi connectivity index (χ0) is 18.5. The van der Waals surface area contributed by atoms with Gasteiger partial charge in [0.05, 0.1) is 19.4 Å². The first-order valence-corrected chi connectivity index (χ1v) is 9.89. The minimum absolute atomic E-state index is 0.0621. The number of ether oxygens (including phenoxy) is 1. The summed E-state index contributed by atoms with van der Waals surface area (Å²) in [7, 11) is 3.46. The van der Waals surface area contributed by atoms with Crippen LogP contribution in [0.15, 0.2) is 47.2 Å². The van der Waals surface area contributed by atoms with Crippen molar-refractivity contribution in [2.24, 2.45) is 0 Å². The number of rotatable bonds is 7. The summed E-state index contributed by atoms with van der Waals surface area (Å²) in [6, 6.07) is 9.70. The highest BCUT2D eigenvalue weighted by Gasteiger charge is 2.14. The van der Waals surface area contributed by atoms with Gasteiger partial charge in [0.15, 0.2) is 5.16 Å². The largest absolute Gasteiger partial charge is 0.497 e. The SMILES string of the molecule is COc1ccc(-n2cnnc2SCC(=O)N(C)Cc2sccc2C)cc1. The third-order valence-electron chi connectivity index (χ3n) is 3.97. The molecule has 136 valence electrons. The van der Waals surface area contributed by atoms with Crippen LogP contribution in [0.5, 0.6) is 5.75 Å². The van der Waals surface area contributed by atoms with Crippen molar-refractivity contribution in [2.75, 3.05) is 19.9 Å². The molecule has 8 heteroatoms. The normalized spacial score (nSPS) is 10.7. The Morgan fingerprint density at radius 2 is 2.08 bits per heavy atom. The molecule has 0 bridgehead atoms. The van der Waals surface area contributed by atoms with E-state index in [0.29, 0.717) is 17.5 Å². The fourth-order valence-corrected chi connectivity index (χ4v) is 4.18. The van der Waals surface area contributed by atoms with Gasteiger partial charge in [-0.1, -0.05) is 11.8 Å². The van der Waals surface area contributed by atoms with E-state index in [1.165, 1.54) is 22.2 Å². The summed E-state index contributed by atoms with van der Waals surface area (Å²) >= 11 is 3.06. The zero-order valence-corrected chi connectivity index (χ0v) is 16.5. The summed E-state index contributed by atoms with van der Waals surface area (Å²) in [4.78, 5) is 15.4. The summed E-state index contributed by atoms with van der Waals surface area (Å²) in [6.07, 6.45) is 1.65. The van der Waals surface area contributed by atoms with E-state index in [9.17, 15) is 4.79 Å². The average molecular weight is 389 g/mol. The Morgan fingerprint density at radius 1 is 1.31 bits per heavy atom. The van der Waals surface area contributed by atoms with Gasteiger partial charge in [-0.25, -0.2) is 0 Å². The summed E-state index contributed by atoms with van der Waals surface area (Å²) in [5, 5.41) is 10.8. The van der Waals surface area contributed by atoms with Gasteiger partial charge in [-0.2, -0.15) is 0 Å². The van der Waals surface area contributed by atoms with E-state index in [2.05, 4.69) is 28.6 Å². The molecule has 0 N–H and O–H groups in total. The topological polar surface area (TPSA) is 60.2 Å². The number of methoxy groups -OCH3 is 1. The first kappa shape index (κ1) is 18.5. The molecule has 0 atom stereocenters. The number of benzene rings is 1. The number of aromatic nitrogens is 3. The van der Waals surface area contributed by atoms with Gasteiger partial charge < -0.3 is 9.64 Å². The van der Waals surface area contributed by atoms with Crippen LogP contribution in [0.3, 0.4) is 0 Å². The van der Waals surface area contributed by atoms with E-state index in [1.54, 1.807) is 29.7 Å². The second kappa shape index (κ2) is 8.37. The fraction of sp³-hybridized carbons (Fsp3) is 0.278. The van der Waals surface area contributed by atoms with Crippen LogP contribution >= 0.6 is 23.1 Å². The van der Waals surface area contributed by atoms with Crippen LogP contribution < -0.4 is 4.74 Å². The number of thioether (sulfide) groups is 1. The molecule has 0 aliphatic carbocycles. The highest BCUT2D eigenvalue weighted by molar-refractivity contribution is 7.99. The van der Waals surface area contributed by atoms with Gasteiger partial charge in [0.2, 0.25) is 5.91 Å². The lowest BCUT2D eigenvalue weighted by Gasteiger charge is -2.16. The first-order chi connectivity index (χ1) is 12.6. The zero-order valence-electron chi connectivity index (χ0n) is 14.9. The average Bonchev–Trinajstić information content (AvgIpc) is 3.29. The highest BCUT2D eigenvalue weighted by Crippen LogP contribution is 2.22. The molecule has 1 aromatic carbocycles. The minimum Gasteiger partial charge on any atom is -0.497 e. The quantitative estimate of drug-likeness (QED) is 0.581. The van der Waals surface area contributed by atoms with Gasteiger partial charge in [0.1, 0.15) is 12.1 Å². The van der Waals surface area contributed by atoms with Crippen LogP contribution in [0, 0.1) is 6.92 Å². The van der Waals surface area contributed by atoms with Gasteiger partial charge in [-0.15, -0.1) is 21.5 Å². The number of carbonyl (C=O) groups excluding carboxylic acids is 1. The Bertz CT molecular complexity index is 873. The van der Waals surface area contributed by atoms with E-state index in [4.69, 9.17) is 4.74 Å². The highest BCUT2D eigenvalue weighted by atomic mass is 32.2. The number of amides is 1. The van der Waals surface area contributed by atoms with Crippen LogP contribution in [-0.2, 0) is 11.3 Å². The molecule has 1 amide bonds.